The zero-order valence-corrected chi connectivity index (χ0v) is 23.6. The van der Waals surface area contributed by atoms with Crippen molar-refractivity contribution < 1.29 is 21.6 Å². The summed E-state index contributed by atoms with van der Waals surface area (Å²) in [5.41, 5.74) is 6.05. The molecule has 0 aliphatic carbocycles. The second-order valence-corrected chi connectivity index (χ2v) is 12.4. The average Bonchev–Trinajstić information content (AvgIpc) is 2.94. The lowest BCUT2D eigenvalue weighted by Gasteiger charge is -2.14. The Bertz CT molecular complexity index is 1860. The van der Waals surface area contributed by atoms with Crippen molar-refractivity contribution in [3.05, 3.63) is 131 Å². The molecule has 3 nitrogen and oxygen atoms in total. The van der Waals surface area contributed by atoms with Crippen molar-refractivity contribution in [2.24, 2.45) is 0 Å². The smallest absolute Gasteiger partial charge is 0.256 e. The van der Waals surface area contributed by atoms with Crippen LogP contribution in [-0.2, 0) is 16.0 Å². The highest BCUT2D eigenvalue weighted by Crippen LogP contribution is 2.35. The molecule has 41 heavy (non-hydrogen) atoms. The van der Waals surface area contributed by atoms with Gasteiger partial charge < -0.3 is 0 Å². The molecule has 0 radical (unpaired) electrons. The van der Waals surface area contributed by atoms with E-state index in [-0.39, 0.29) is 4.90 Å². The fraction of sp³-hybridized carbons (Fsp3) is 0.147. The van der Waals surface area contributed by atoms with Crippen LogP contribution in [-0.4, -0.2) is 19.7 Å². The van der Waals surface area contributed by atoms with Crippen LogP contribution in [0.25, 0.3) is 33.7 Å². The summed E-state index contributed by atoms with van der Waals surface area (Å²) >= 11 is 0. The molecule has 0 saturated heterocycles. The molecule has 0 unspecified atom stereocenters. The van der Waals surface area contributed by atoms with Crippen LogP contribution < -0.4 is 0 Å². The van der Waals surface area contributed by atoms with Gasteiger partial charge in [0.15, 0.2) is 9.84 Å². The molecule has 0 saturated carbocycles. The molecular weight excluding hydrogens is 543 g/mol. The molecule has 0 aliphatic rings. The van der Waals surface area contributed by atoms with Crippen molar-refractivity contribution in [3.63, 3.8) is 0 Å². The van der Waals surface area contributed by atoms with E-state index in [0.717, 1.165) is 46.0 Å². The van der Waals surface area contributed by atoms with Crippen molar-refractivity contribution in [3.8, 4) is 11.1 Å². The van der Waals surface area contributed by atoms with Crippen LogP contribution >= 0.6 is 0 Å². The predicted octanol–water partition coefficient (Wildman–Crippen LogP) is 9.04. The Balaban J connectivity index is 1.66. The van der Waals surface area contributed by atoms with Crippen LogP contribution in [0.1, 0.15) is 47.6 Å². The van der Waals surface area contributed by atoms with Crippen molar-refractivity contribution in [2.75, 3.05) is 6.26 Å². The average molecular weight is 572 g/mol. The minimum atomic E-state index is -4.45. The minimum Gasteiger partial charge on any atom is -0.256 e. The monoisotopic (exact) mass is 571 g/mol. The lowest BCUT2D eigenvalue weighted by molar-refractivity contribution is -0.137. The first-order valence-corrected chi connectivity index (χ1v) is 15.0. The van der Waals surface area contributed by atoms with E-state index < -0.39 is 21.6 Å². The van der Waals surface area contributed by atoms with Crippen LogP contribution in [0.2, 0.25) is 0 Å². The lowest BCUT2D eigenvalue weighted by Crippen LogP contribution is -2.04. The van der Waals surface area contributed by atoms with Gasteiger partial charge in [-0.15, -0.1) is 0 Å². The summed E-state index contributed by atoms with van der Waals surface area (Å²) in [5.74, 6) is 0.322. The third kappa shape index (κ3) is 6.25. The first kappa shape index (κ1) is 28.3. The molecule has 4 aromatic carbocycles. The maximum atomic E-state index is 13.3. The molecule has 0 amide bonds. The SMILES string of the molecule is CC(C)c1cc(-c2cccc(/C=C(/c3ccc(C(F)(F)F)cc3)c3ccc(S(C)(=O)=O)cc3)c2)c2ncccc2c1. The molecule has 5 aromatic rings. The molecule has 1 heterocycles. The summed E-state index contributed by atoms with van der Waals surface area (Å²) in [6.07, 6.45) is 0.360. The van der Waals surface area contributed by atoms with Gasteiger partial charge in [0.25, 0.3) is 0 Å². The molecular formula is C34H28F3NO2S. The number of sulfone groups is 1. The fourth-order valence-corrected chi connectivity index (χ4v) is 5.42. The van der Waals surface area contributed by atoms with Gasteiger partial charge in [-0.2, -0.15) is 13.2 Å². The molecule has 0 N–H and O–H groups in total. The normalized spacial score (nSPS) is 12.7. The van der Waals surface area contributed by atoms with Crippen molar-refractivity contribution in [1.29, 1.82) is 0 Å². The first-order chi connectivity index (χ1) is 19.4. The summed E-state index contributed by atoms with van der Waals surface area (Å²) in [5, 5.41) is 1.05. The van der Waals surface area contributed by atoms with Gasteiger partial charge >= 0.3 is 6.18 Å². The van der Waals surface area contributed by atoms with Gasteiger partial charge in [0.1, 0.15) is 0 Å². The number of halogens is 3. The van der Waals surface area contributed by atoms with Gasteiger partial charge in [-0.05, 0) is 93.9 Å². The molecule has 5 rings (SSSR count). The van der Waals surface area contributed by atoms with Crippen LogP contribution in [0.15, 0.2) is 108 Å². The van der Waals surface area contributed by atoms with Gasteiger partial charge in [-0.1, -0.05) is 62.4 Å². The minimum absolute atomic E-state index is 0.166. The fourth-order valence-electron chi connectivity index (χ4n) is 4.79. The van der Waals surface area contributed by atoms with Crippen LogP contribution in [0.5, 0.6) is 0 Å². The highest BCUT2D eigenvalue weighted by molar-refractivity contribution is 7.90. The standard InChI is InChI=1S/C34H28F3NO2S/c1-22(2)28-20-27-8-5-17-38-33(27)32(21-28)26-7-4-6-23(18-26)19-31(24-9-13-29(14-10-24)34(35,36)37)25-11-15-30(16-12-25)41(3,39)40/h4-22H,1-3H3/b31-19-. The van der Waals surface area contributed by atoms with Crippen molar-refractivity contribution in [2.45, 2.75) is 30.8 Å². The number of pyridine rings is 1. The van der Waals surface area contributed by atoms with E-state index in [1.165, 1.54) is 29.8 Å². The topological polar surface area (TPSA) is 47.0 Å². The molecule has 7 heteroatoms. The second kappa shape index (κ2) is 11.0. The number of rotatable bonds is 6. The third-order valence-corrected chi connectivity index (χ3v) is 8.15. The van der Waals surface area contributed by atoms with E-state index >= 15 is 0 Å². The molecule has 0 spiro atoms. The first-order valence-electron chi connectivity index (χ1n) is 13.1. The molecule has 208 valence electrons. The summed E-state index contributed by atoms with van der Waals surface area (Å²) in [6, 6.07) is 27.5. The highest BCUT2D eigenvalue weighted by Gasteiger charge is 2.30. The summed E-state index contributed by atoms with van der Waals surface area (Å²) < 4.78 is 63.8. The highest BCUT2D eigenvalue weighted by atomic mass is 32.2. The number of nitrogens with zero attached hydrogens (tertiary/aromatic N) is 1. The Morgan fingerprint density at radius 1 is 0.829 bits per heavy atom. The van der Waals surface area contributed by atoms with Gasteiger partial charge in [-0.3, -0.25) is 4.98 Å². The third-order valence-electron chi connectivity index (χ3n) is 7.02. The van der Waals surface area contributed by atoms with Crippen molar-refractivity contribution in [1.82, 2.24) is 4.98 Å². The number of fused-ring (bicyclic) bond motifs is 1. The zero-order valence-electron chi connectivity index (χ0n) is 22.8. The van der Waals surface area contributed by atoms with Crippen LogP contribution in [0.4, 0.5) is 13.2 Å². The summed E-state index contributed by atoms with van der Waals surface area (Å²) in [6.45, 7) is 4.29. The second-order valence-electron chi connectivity index (χ2n) is 10.4. The Labute approximate surface area is 237 Å². The molecule has 0 bridgehead atoms. The molecule has 0 fully saturated rings. The summed E-state index contributed by atoms with van der Waals surface area (Å²) in [7, 11) is -3.41. The maximum Gasteiger partial charge on any atom is 0.416 e. The number of hydrogen-bond acceptors (Lipinski definition) is 3. The Kier molecular flexibility index (Phi) is 7.58. The summed E-state index contributed by atoms with van der Waals surface area (Å²) in [4.78, 5) is 4.81. The van der Waals surface area contributed by atoms with Crippen molar-refractivity contribution >= 4 is 32.4 Å². The van der Waals surface area contributed by atoms with Gasteiger partial charge in [0.2, 0.25) is 0 Å². The predicted molar refractivity (Wildman–Crippen MR) is 159 cm³/mol. The Hall–Kier alpha value is -4.23. The van der Waals surface area contributed by atoms with Gasteiger partial charge in [-0.25, -0.2) is 8.42 Å². The molecule has 0 atom stereocenters. The Morgan fingerprint density at radius 2 is 1.49 bits per heavy atom. The van der Waals surface area contributed by atoms with E-state index in [1.807, 2.05) is 42.5 Å². The molecule has 0 aliphatic heterocycles. The quantitative estimate of drug-likeness (QED) is 0.191. The van der Waals surface area contributed by atoms with Crippen LogP contribution in [0, 0.1) is 0 Å². The van der Waals surface area contributed by atoms with E-state index in [2.05, 4.69) is 31.0 Å². The Morgan fingerprint density at radius 3 is 2.10 bits per heavy atom. The van der Waals surface area contributed by atoms with Gasteiger partial charge in [0, 0.05) is 23.4 Å². The van der Waals surface area contributed by atoms with E-state index in [1.54, 1.807) is 18.3 Å². The van der Waals surface area contributed by atoms with Gasteiger partial charge in [0.05, 0.1) is 16.0 Å². The number of aromatic nitrogens is 1. The zero-order chi connectivity index (χ0) is 29.4. The van der Waals surface area contributed by atoms with E-state index in [0.29, 0.717) is 22.6 Å². The number of alkyl halides is 3. The maximum absolute atomic E-state index is 13.3. The largest absolute Gasteiger partial charge is 0.416 e. The number of benzene rings is 4. The molecule has 1 aromatic heterocycles. The van der Waals surface area contributed by atoms with E-state index in [9.17, 15) is 21.6 Å². The number of hydrogen-bond donors (Lipinski definition) is 0. The van der Waals surface area contributed by atoms with Crippen LogP contribution in [0.3, 0.4) is 0 Å². The lowest BCUT2D eigenvalue weighted by atomic mass is 9.92. The van der Waals surface area contributed by atoms with E-state index in [4.69, 9.17) is 0 Å².